The van der Waals surface area contributed by atoms with Crippen molar-refractivity contribution in [1.82, 2.24) is 10.6 Å². The van der Waals surface area contributed by atoms with Gasteiger partial charge in [0.15, 0.2) is 0 Å². The molecule has 1 aliphatic heterocycles. The van der Waals surface area contributed by atoms with Crippen molar-refractivity contribution in [3.8, 4) is 0 Å². The molecule has 0 bridgehead atoms. The number of carbonyl (C=O) groups is 1. The van der Waals surface area contributed by atoms with E-state index in [0.29, 0.717) is 6.54 Å². The van der Waals surface area contributed by atoms with E-state index in [0.717, 1.165) is 11.6 Å². The Balaban J connectivity index is 1.90. The van der Waals surface area contributed by atoms with Crippen molar-refractivity contribution in [2.45, 2.75) is 25.3 Å². The maximum atomic E-state index is 11.9. The molecule has 1 atom stereocenters. The van der Waals surface area contributed by atoms with Crippen LogP contribution in [0, 0.1) is 0 Å². The molecule has 0 radical (unpaired) electrons. The van der Waals surface area contributed by atoms with E-state index in [2.05, 4.69) is 36.6 Å². The zero-order valence-electron chi connectivity index (χ0n) is 10.9. The molecule has 3 nitrogen and oxygen atoms in total. The molecule has 0 aliphatic carbocycles. The van der Waals surface area contributed by atoms with Crippen molar-refractivity contribution in [3.63, 3.8) is 0 Å². The van der Waals surface area contributed by atoms with Crippen molar-refractivity contribution in [2.24, 2.45) is 0 Å². The third-order valence-corrected chi connectivity index (χ3v) is 4.23. The van der Waals surface area contributed by atoms with E-state index in [1.54, 1.807) is 11.8 Å². The summed E-state index contributed by atoms with van der Waals surface area (Å²) >= 11 is 1.77. The monoisotopic (exact) mass is 264 g/mol. The summed E-state index contributed by atoms with van der Waals surface area (Å²) in [4.78, 5) is 11.9. The average molecular weight is 264 g/mol. The van der Waals surface area contributed by atoms with Gasteiger partial charge in [0, 0.05) is 23.6 Å². The van der Waals surface area contributed by atoms with Crippen LogP contribution < -0.4 is 10.6 Å². The number of rotatable bonds is 4. The van der Waals surface area contributed by atoms with Gasteiger partial charge < -0.3 is 5.32 Å². The van der Waals surface area contributed by atoms with Crippen LogP contribution in [0.2, 0.25) is 0 Å². The SMILES string of the molecule is CC(C)(CNC(=O)C1CSCN1)c1ccccc1. The summed E-state index contributed by atoms with van der Waals surface area (Å²) in [5.41, 5.74) is 1.21. The van der Waals surface area contributed by atoms with Crippen LogP contribution in [0.1, 0.15) is 19.4 Å². The maximum absolute atomic E-state index is 11.9. The van der Waals surface area contributed by atoms with Crippen LogP contribution in [0.4, 0.5) is 0 Å². The summed E-state index contributed by atoms with van der Waals surface area (Å²) in [7, 11) is 0. The summed E-state index contributed by atoms with van der Waals surface area (Å²) in [6, 6.07) is 10.3. The van der Waals surface area contributed by atoms with Gasteiger partial charge in [-0.3, -0.25) is 10.1 Å². The molecule has 18 heavy (non-hydrogen) atoms. The van der Waals surface area contributed by atoms with Crippen LogP contribution in [0.5, 0.6) is 0 Å². The molecule has 4 heteroatoms. The van der Waals surface area contributed by atoms with E-state index in [9.17, 15) is 4.79 Å². The van der Waals surface area contributed by atoms with Gasteiger partial charge in [-0.25, -0.2) is 0 Å². The van der Waals surface area contributed by atoms with Crippen molar-refractivity contribution in [2.75, 3.05) is 18.2 Å². The van der Waals surface area contributed by atoms with E-state index < -0.39 is 0 Å². The van der Waals surface area contributed by atoms with Crippen LogP contribution in [0.15, 0.2) is 30.3 Å². The zero-order valence-corrected chi connectivity index (χ0v) is 11.7. The number of hydrogen-bond acceptors (Lipinski definition) is 3. The lowest BCUT2D eigenvalue weighted by atomic mass is 9.84. The number of benzene rings is 1. The molecule has 1 unspecified atom stereocenters. The van der Waals surface area contributed by atoms with E-state index in [1.807, 2.05) is 18.2 Å². The predicted octanol–water partition coefficient (Wildman–Crippen LogP) is 1.74. The molecule has 0 saturated carbocycles. The molecule has 1 heterocycles. The number of nitrogens with one attached hydrogen (secondary N) is 2. The minimum atomic E-state index is -0.0390. The van der Waals surface area contributed by atoms with Crippen LogP contribution in [-0.2, 0) is 10.2 Å². The van der Waals surface area contributed by atoms with E-state index >= 15 is 0 Å². The Labute approximate surface area is 113 Å². The Morgan fingerprint density at radius 2 is 2.17 bits per heavy atom. The lowest BCUT2D eigenvalue weighted by molar-refractivity contribution is -0.122. The van der Waals surface area contributed by atoms with E-state index in [1.165, 1.54) is 5.56 Å². The van der Waals surface area contributed by atoms with E-state index in [4.69, 9.17) is 0 Å². The number of hydrogen-bond donors (Lipinski definition) is 2. The fourth-order valence-electron chi connectivity index (χ4n) is 1.99. The topological polar surface area (TPSA) is 41.1 Å². The Kier molecular flexibility index (Phi) is 4.30. The Morgan fingerprint density at radius 3 is 2.78 bits per heavy atom. The molecule has 1 aromatic rings. The molecule has 1 amide bonds. The van der Waals surface area contributed by atoms with Crippen molar-refractivity contribution in [3.05, 3.63) is 35.9 Å². The number of thioether (sulfide) groups is 1. The van der Waals surface area contributed by atoms with Crippen molar-refractivity contribution >= 4 is 17.7 Å². The second-order valence-corrected chi connectivity index (χ2v) is 6.27. The van der Waals surface area contributed by atoms with Gasteiger partial charge in [-0.2, -0.15) is 0 Å². The highest BCUT2D eigenvalue weighted by atomic mass is 32.2. The molecule has 1 saturated heterocycles. The number of amides is 1. The standard InChI is InChI=1S/C14H20N2OS/c1-14(2,11-6-4-3-5-7-11)9-15-13(17)12-8-18-10-16-12/h3-7,12,16H,8-10H2,1-2H3,(H,15,17). The van der Waals surface area contributed by atoms with E-state index in [-0.39, 0.29) is 17.4 Å². The molecule has 0 spiro atoms. The van der Waals surface area contributed by atoms with Crippen LogP contribution >= 0.6 is 11.8 Å². The molecule has 2 N–H and O–H groups in total. The Hall–Kier alpha value is -1.00. The van der Waals surface area contributed by atoms with Gasteiger partial charge in [-0.1, -0.05) is 44.2 Å². The van der Waals surface area contributed by atoms with Gasteiger partial charge in [-0.15, -0.1) is 11.8 Å². The summed E-state index contributed by atoms with van der Waals surface area (Å²) in [5, 5.41) is 6.23. The smallest absolute Gasteiger partial charge is 0.238 e. The quantitative estimate of drug-likeness (QED) is 0.870. The first-order chi connectivity index (χ1) is 8.59. The predicted molar refractivity (Wildman–Crippen MR) is 76.7 cm³/mol. The van der Waals surface area contributed by atoms with Crippen LogP contribution in [-0.4, -0.2) is 30.1 Å². The van der Waals surface area contributed by atoms with Gasteiger partial charge in [0.1, 0.15) is 0 Å². The lowest BCUT2D eigenvalue weighted by Gasteiger charge is -2.26. The van der Waals surface area contributed by atoms with Crippen LogP contribution in [0.3, 0.4) is 0 Å². The second kappa shape index (κ2) is 5.76. The zero-order chi connectivity index (χ0) is 13.0. The molecule has 1 aromatic carbocycles. The minimum Gasteiger partial charge on any atom is -0.354 e. The second-order valence-electron chi connectivity index (χ2n) is 5.24. The molecular formula is C14H20N2OS. The molecule has 1 fully saturated rings. The van der Waals surface area contributed by atoms with Crippen LogP contribution in [0.25, 0.3) is 0 Å². The highest BCUT2D eigenvalue weighted by Crippen LogP contribution is 2.21. The number of carbonyl (C=O) groups excluding carboxylic acids is 1. The molecule has 1 aliphatic rings. The first-order valence-electron chi connectivity index (χ1n) is 6.24. The molecule has 0 aromatic heterocycles. The van der Waals surface area contributed by atoms with Gasteiger partial charge in [0.05, 0.1) is 6.04 Å². The fraction of sp³-hybridized carbons (Fsp3) is 0.500. The largest absolute Gasteiger partial charge is 0.354 e. The van der Waals surface area contributed by atoms with Crippen molar-refractivity contribution in [1.29, 1.82) is 0 Å². The van der Waals surface area contributed by atoms with Gasteiger partial charge in [-0.05, 0) is 5.56 Å². The minimum absolute atomic E-state index is 0.0263. The van der Waals surface area contributed by atoms with Gasteiger partial charge in [0.25, 0.3) is 0 Å². The highest BCUT2D eigenvalue weighted by molar-refractivity contribution is 7.99. The lowest BCUT2D eigenvalue weighted by Crippen LogP contribution is -2.46. The third-order valence-electron chi connectivity index (χ3n) is 3.29. The summed E-state index contributed by atoms with van der Waals surface area (Å²) in [6.07, 6.45) is 0. The summed E-state index contributed by atoms with van der Waals surface area (Å²) in [6.45, 7) is 4.97. The average Bonchev–Trinajstić information content (AvgIpc) is 2.91. The fourth-order valence-corrected chi connectivity index (χ4v) is 2.93. The van der Waals surface area contributed by atoms with Gasteiger partial charge >= 0.3 is 0 Å². The Bertz CT molecular complexity index is 400. The first kappa shape index (κ1) is 13.4. The summed E-state index contributed by atoms with van der Waals surface area (Å²) < 4.78 is 0. The Morgan fingerprint density at radius 1 is 1.44 bits per heavy atom. The molecule has 2 rings (SSSR count). The van der Waals surface area contributed by atoms with Crippen molar-refractivity contribution < 1.29 is 4.79 Å². The van der Waals surface area contributed by atoms with Gasteiger partial charge in [0.2, 0.25) is 5.91 Å². The molecule has 98 valence electrons. The normalized spacial score (nSPS) is 19.8. The molecular weight excluding hydrogens is 244 g/mol. The third kappa shape index (κ3) is 3.27. The highest BCUT2D eigenvalue weighted by Gasteiger charge is 2.25. The first-order valence-corrected chi connectivity index (χ1v) is 7.39. The maximum Gasteiger partial charge on any atom is 0.238 e. The summed E-state index contributed by atoms with van der Waals surface area (Å²) in [5.74, 6) is 1.86.